The third kappa shape index (κ3) is 3.91. The van der Waals surface area contributed by atoms with Crippen LogP contribution in [0.15, 0.2) is 30.6 Å². The van der Waals surface area contributed by atoms with E-state index < -0.39 is 0 Å². The molecular formula is C20H23N5O2S. The summed E-state index contributed by atoms with van der Waals surface area (Å²) in [4.78, 5) is 28.9. The van der Waals surface area contributed by atoms with Crippen molar-refractivity contribution in [2.24, 2.45) is 0 Å². The molecule has 0 saturated carbocycles. The molecule has 8 heteroatoms. The lowest BCUT2D eigenvalue weighted by molar-refractivity contribution is 0.0530. The summed E-state index contributed by atoms with van der Waals surface area (Å²) in [6.45, 7) is 6.95. The lowest BCUT2D eigenvalue weighted by Gasteiger charge is -2.32. The highest BCUT2D eigenvalue weighted by Crippen LogP contribution is 2.25. The molecular weight excluding hydrogens is 374 g/mol. The summed E-state index contributed by atoms with van der Waals surface area (Å²) in [7, 11) is 0. The summed E-state index contributed by atoms with van der Waals surface area (Å²) in [5, 5.41) is 0.808. The molecule has 0 aliphatic carbocycles. The molecule has 4 heterocycles. The van der Waals surface area contributed by atoms with Gasteiger partial charge >= 0.3 is 0 Å². The number of hydrogen-bond acceptors (Lipinski definition) is 6. The zero-order valence-corrected chi connectivity index (χ0v) is 17.1. The first-order chi connectivity index (χ1) is 13.5. The molecule has 7 nitrogen and oxygen atoms in total. The first-order valence-electron chi connectivity index (χ1n) is 9.38. The van der Waals surface area contributed by atoms with Crippen LogP contribution >= 0.6 is 11.3 Å². The van der Waals surface area contributed by atoms with Crippen LogP contribution in [0.4, 0.5) is 0 Å². The molecule has 146 valence electrons. The van der Waals surface area contributed by atoms with E-state index in [1.54, 1.807) is 0 Å². The molecule has 1 atom stereocenters. The summed E-state index contributed by atoms with van der Waals surface area (Å²) in [5.74, 6) is 1.29. The fourth-order valence-electron chi connectivity index (χ4n) is 3.43. The largest absolute Gasteiger partial charge is 0.472 e. The monoisotopic (exact) mass is 397 g/mol. The second kappa shape index (κ2) is 7.71. The maximum Gasteiger partial charge on any atom is 0.266 e. The van der Waals surface area contributed by atoms with Crippen LogP contribution in [0, 0.1) is 20.8 Å². The highest BCUT2D eigenvalue weighted by Gasteiger charge is 2.28. The third-order valence-corrected chi connectivity index (χ3v) is 5.86. The van der Waals surface area contributed by atoms with Gasteiger partial charge in [0.25, 0.3) is 5.91 Å². The highest BCUT2D eigenvalue weighted by molar-refractivity contribution is 7.16. The Morgan fingerprint density at radius 2 is 1.96 bits per heavy atom. The van der Waals surface area contributed by atoms with Crippen LogP contribution in [0.2, 0.25) is 0 Å². The molecule has 1 amide bonds. The summed E-state index contributed by atoms with van der Waals surface area (Å²) >= 11 is 1.43. The van der Waals surface area contributed by atoms with Crippen molar-refractivity contribution in [2.75, 3.05) is 13.1 Å². The maximum atomic E-state index is 13.1. The smallest absolute Gasteiger partial charge is 0.266 e. The van der Waals surface area contributed by atoms with Crippen molar-refractivity contribution in [3.8, 4) is 11.0 Å². The molecule has 3 aromatic rings. The molecule has 0 N–H and O–H groups in total. The molecule has 1 aliphatic rings. The van der Waals surface area contributed by atoms with Crippen LogP contribution in [-0.4, -0.2) is 49.5 Å². The number of rotatable bonds is 4. The summed E-state index contributed by atoms with van der Waals surface area (Å²) in [6.07, 6.45) is 5.61. The van der Waals surface area contributed by atoms with Crippen molar-refractivity contribution in [3.05, 3.63) is 52.7 Å². The maximum absolute atomic E-state index is 13.1. The van der Waals surface area contributed by atoms with Gasteiger partial charge in [-0.2, -0.15) is 4.98 Å². The molecule has 1 saturated heterocycles. The van der Waals surface area contributed by atoms with Crippen LogP contribution in [0.3, 0.4) is 0 Å². The molecule has 28 heavy (non-hydrogen) atoms. The van der Waals surface area contributed by atoms with Crippen molar-refractivity contribution < 1.29 is 9.53 Å². The number of likely N-dealkylation sites (tertiary alicyclic amines) is 1. The number of aromatic nitrogens is 4. The summed E-state index contributed by atoms with van der Waals surface area (Å²) in [5.41, 5.74) is 1.65. The Morgan fingerprint density at radius 3 is 2.71 bits per heavy atom. The number of hydrogen-bond donors (Lipinski definition) is 0. The van der Waals surface area contributed by atoms with Gasteiger partial charge < -0.3 is 14.2 Å². The van der Waals surface area contributed by atoms with Gasteiger partial charge in [0.15, 0.2) is 5.13 Å². The van der Waals surface area contributed by atoms with E-state index in [2.05, 4.69) is 15.0 Å². The fraction of sp³-hybridized carbons (Fsp3) is 0.400. The lowest BCUT2D eigenvalue weighted by atomic mass is 10.1. The Balaban J connectivity index is 1.48. The first kappa shape index (κ1) is 18.6. The van der Waals surface area contributed by atoms with Gasteiger partial charge in [0, 0.05) is 30.7 Å². The van der Waals surface area contributed by atoms with E-state index in [-0.39, 0.29) is 12.0 Å². The van der Waals surface area contributed by atoms with Crippen LogP contribution in [-0.2, 0) is 0 Å². The molecule has 0 spiro atoms. The van der Waals surface area contributed by atoms with E-state index in [9.17, 15) is 4.79 Å². The average molecular weight is 398 g/mol. The van der Waals surface area contributed by atoms with E-state index in [1.807, 2.05) is 60.8 Å². The zero-order chi connectivity index (χ0) is 19.7. The van der Waals surface area contributed by atoms with Crippen molar-refractivity contribution in [1.82, 2.24) is 24.4 Å². The quantitative estimate of drug-likeness (QED) is 0.675. The van der Waals surface area contributed by atoms with Gasteiger partial charge in [-0.3, -0.25) is 4.79 Å². The predicted molar refractivity (Wildman–Crippen MR) is 107 cm³/mol. The number of ether oxygens (including phenoxy) is 1. The lowest BCUT2D eigenvalue weighted by Crippen LogP contribution is -2.44. The molecule has 3 aromatic heterocycles. The van der Waals surface area contributed by atoms with Crippen LogP contribution in [0.1, 0.15) is 39.7 Å². The Labute approximate surface area is 168 Å². The highest BCUT2D eigenvalue weighted by atomic mass is 32.1. The van der Waals surface area contributed by atoms with Crippen molar-refractivity contribution in [3.63, 3.8) is 0 Å². The molecule has 1 fully saturated rings. The number of aryl methyl sites for hydroxylation is 3. The normalized spacial score (nSPS) is 17.0. The van der Waals surface area contributed by atoms with Gasteiger partial charge in [-0.05, 0) is 45.7 Å². The second-order valence-electron chi connectivity index (χ2n) is 7.03. The van der Waals surface area contributed by atoms with E-state index in [1.165, 1.54) is 11.3 Å². The average Bonchev–Trinajstić information content (AvgIpc) is 3.30. The summed E-state index contributed by atoms with van der Waals surface area (Å²) < 4.78 is 7.99. The minimum Gasteiger partial charge on any atom is -0.472 e. The van der Waals surface area contributed by atoms with E-state index in [4.69, 9.17) is 4.74 Å². The van der Waals surface area contributed by atoms with Gasteiger partial charge in [0.05, 0.1) is 12.2 Å². The summed E-state index contributed by atoms with van der Waals surface area (Å²) in [6, 6.07) is 5.73. The fourth-order valence-corrected chi connectivity index (χ4v) is 4.43. The van der Waals surface area contributed by atoms with Crippen molar-refractivity contribution in [2.45, 2.75) is 39.7 Å². The molecule has 0 radical (unpaired) electrons. The third-order valence-electron chi connectivity index (χ3n) is 4.70. The van der Waals surface area contributed by atoms with Crippen molar-refractivity contribution >= 4 is 17.2 Å². The van der Waals surface area contributed by atoms with Crippen LogP contribution in [0.25, 0.3) is 5.13 Å². The minimum absolute atomic E-state index is 0.0248. The minimum atomic E-state index is -0.0662. The zero-order valence-electron chi connectivity index (χ0n) is 16.3. The van der Waals surface area contributed by atoms with Gasteiger partial charge in [-0.25, -0.2) is 9.97 Å². The van der Waals surface area contributed by atoms with E-state index >= 15 is 0 Å². The number of thiazole rings is 1. The molecule has 1 aliphatic heterocycles. The van der Waals surface area contributed by atoms with Gasteiger partial charge in [0.1, 0.15) is 16.8 Å². The SMILES string of the molecule is Cc1cc(OC2CCCN(C(=O)c3sc(-n4cccc4)nc3C)C2)nc(C)n1. The van der Waals surface area contributed by atoms with Crippen LogP contribution < -0.4 is 4.74 Å². The number of piperidine rings is 1. The molecule has 0 aromatic carbocycles. The van der Waals surface area contributed by atoms with E-state index in [0.29, 0.717) is 23.1 Å². The number of nitrogens with zero attached hydrogens (tertiary/aromatic N) is 5. The molecule has 4 rings (SSSR count). The number of carbonyl (C=O) groups is 1. The van der Waals surface area contributed by atoms with E-state index in [0.717, 1.165) is 35.9 Å². The van der Waals surface area contributed by atoms with Crippen LogP contribution in [0.5, 0.6) is 5.88 Å². The molecule has 1 unspecified atom stereocenters. The molecule has 0 bridgehead atoms. The topological polar surface area (TPSA) is 73.1 Å². The number of carbonyl (C=O) groups excluding carboxylic acids is 1. The Bertz CT molecular complexity index is 962. The van der Waals surface area contributed by atoms with Gasteiger partial charge in [-0.1, -0.05) is 11.3 Å². The second-order valence-corrected chi connectivity index (χ2v) is 8.01. The van der Waals surface area contributed by atoms with Gasteiger partial charge in [-0.15, -0.1) is 0 Å². The Morgan fingerprint density at radius 1 is 1.18 bits per heavy atom. The standard InChI is InChI=1S/C20H23N5O2S/c1-13-11-17(23-15(3)21-13)27-16-7-6-10-25(12-16)19(26)18-14(2)22-20(28-18)24-8-4-5-9-24/h4-5,8-9,11,16H,6-7,10,12H2,1-3H3. The Kier molecular flexibility index (Phi) is 5.13. The van der Waals surface area contributed by atoms with Crippen molar-refractivity contribution in [1.29, 1.82) is 0 Å². The van der Waals surface area contributed by atoms with Gasteiger partial charge in [0.2, 0.25) is 5.88 Å². The number of amides is 1. The first-order valence-corrected chi connectivity index (χ1v) is 10.2. The Hall–Kier alpha value is -2.74. The predicted octanol–water partition coefficient (Wildman–Crippen LogP) is 3.33.